The molecule has 0 spiro atoms. The Morgan fingerprint density at radius 1 is 1.57 bits per heavy atom. The Labute approximate surface area is 91.8 Å². The zero-order valence-corrected chi connectivity index (χ0v) is 10.3. The Morgan fingerprint density at radius 3 is 2.50 bits per heavy atom. The number of carbonyl (C=O) groups is 1. The van der Waals surface area contributed by atoms with Gasteiger partial charge in [-0.25, -0.2) is 0 Å². The monoisotopic (exact) mass is 259 g/mol. The number of anilines is 1. The highest BCUT2D eigenvalue weighted by Gasteiger charge is 2.17. The van der Waals surface area contributed by atoms with E-state index in [0.29, 0.717) is 10.3 Å². The molecule has 1 aromatic rings. The summed E-state index contributed by atoms with van der Waals surface area (Å²) in [4.78, 5) is 10.9. The third-order valence-corrected chi connectivity index (χ3v) is 2.25. The Morgan fingerprint density at radius 2 is 2.14 bits per heavy atom. The molecule has 0 aliphatic rings. The van der Waals surface area contributed by atoms with Gasteiger partial charge in [0.25, 0.3) is 0 Å². The van der Waals surface area contributed by atoms with Gasteiger partial charge in [0.2, 0.25) is 5.91 Å². The van der Waals surface area contributed by atoms with Crippen molar-refractivity contribution in [1.82, 2.24) is 9.78 Å². The van der Waals surface area contributed by atoms with Crippen LogP contribution in [0.15, 0.2) is 10.8 Å². The van der Waals surface area contributed by atoms with Crippen LogP contribution in [-0.4, -0.2) is 15.7 Å². The molecule has 1 rings (SSSR count). The second-order valence-electron chi connectivity index (χ2n) is 4.13. The first-order chi connectivity index (χ1) is 6.30. The highest BCUT2D eigenvalue weighted by atomic mass is 79.9. The number of carbonyl (C=O) groups excluding carboxylic acids is 1. The van der Waals surface area contributed by atoms with Crippen molar-refractivity contribution in [2.24, 2.45) is 0 Å². The molecule has 0 radical (unpaired) electrons. The van der Waals surface area contributed by atoms with Gasteiger partial charge in [0, 0.05) is 6.92 Å². The number of nitrogens with one attached hydrogen (secondary N) is 1. The fourth-order valence-corrected chi connectivity index (χ4v) is 1.34. The number of hydrogen-bond donors (Lipinski definition) is 1. The lowest BCUT2D eigenvalue weighted by Gasteiger charge is -2.18. The number of halogens is 1. The average Bonchev–Trinajstić information content (AvgIpc) is 2.30. The quantitative estimate of drug-likeness (QED) is 0.842. The predicted molar refractivity (Wildman–Crippen MR) is 59.2 cm³/mol. The van der Waals surface area contributed by atoms with Crippen molar-refractivity contribution in [2.45, 2.75) is 33.2 Å². The van der Waals surface area contributed by atoms with Crippen LogP contribution >= 0.6 is 15.9 Å². The molecule has 1 N–H and O–H groups in total. The van der Waals surface area contributed by atoms with Gasteiger partial charge >= 0.3 is 0 Å². The van der Waals surface area contributed by atoms with E-state index in [1.165, 1.54) is 6.92 Å². The van der Waals surface area contributed by atoms with Crippen LogP contribution in [0.5, 0.6) is 0 Å². The van der Waals surface area contributed by atoms with Crippen molar-refractivity contribution < 1.29 is 4.79 Å². The highest BCUT2D eigenvalue weighted by Crippen LogP contribution is 2.24. The van der Waals surface area contributed by atoms with Crippen LogP contribution in [0.1, 0.15) is 27.7 Å². The minimum Gasteiger partial charge on any atom is -0.323 e. The van der Waals surface area contributed by atoms with Crippen LogP contribution in [-0.2, 0) is 10.3 Å². The van der Waals surface area contributed by atoms with Crippen molar-refractivity contribution in [3.63, 3.8) is 0 Å². The van der Waals surface area contributed by atoms with E-state index in [-0.39, 0.29) is 11.4 Å². The van der Waals surface area contributed by atoms with E-state index < -0.39 is 0 Å². The van der Waals surface area contributed by atoms with Crippen molar-refractivity contribution in [3.05, 3.63) is 10.8 Å². The van der Waals surface area contributed by atoms with Gasteiger partial charge in [-0.3, -0.25) is 9.48 Å². The summed E-state index contributed by atoms with van der Waals surface area (Å²) in [7, 11) is 0. The molecule has 4 nitrogen and oxygen atoms in total. The summed E-state index contributed by atoms with van der Waals surface area (Å²) >= 11 is 3.29. The molecule has 0 aromatic carbocycles. The van der Waals surface area contributed by atoms with E-state index in [2.05, 4.69) is 26.3 Å². The molecule has 0 aliphatic carbocycles. The molecule has 14 heavy (non-hydrogen) atoms. The van der Waals surface area contributed by atoms with Crippen LogP contribution < -0.4 is 5.32 Å². The summed E-state index contributed by atoms with van der Waals surface area (Å²) in [6.07, 6.45) is 1.81. The Hall–Kier alpha value is -0.840. The molecule has 0 aliphatic heterocycles. The summed E-state index contributed by atoms with van der Waals surface area (Å²) < 4.78 is 2.46. The van der Waals surface area contributed by atoms with Gasteiger partial charge in [-0.2, -0.15) is 5.10 Å². The lowest BCUT2D eigenvalue weighted by molar-refractivity contribution is -0.114. The van der Waals surface area contributed by atoms with Crippen LogP contribution in [0.4, 0.5) is 5.69 Å². The smallest absolute Gasteiger partial charge is 0.221 e. The van der Waals surface area contributed by atoms with Gasteiger partial charge < -0.3 is 5.32 Å². The Balaban J connectivity index is 2.99. The van der Waals surface area contributed by atoms with Gasteiger partial charge in [-0.1, -0.05) is 0 Å². The van der Waals surface area contributed by atoms with E-state index in [9.17, 15) is 4.79 Å². The Bertz CT molecular complexity index is 351. The van der Waals surface area contributed by atoms with E-state index >= 15 is 0 Å². The molecule has 1 heterocycles. The number of amides is 1. The van der Waals surface area contributed by atoms with Crippen molar-refractivity contribution in [3.8, 4) is 0 Å². The minimum absolute atomic E-state index is 0.0841. The normalized spacial score (nSPS) is 11.5. The van der Waals surface area contributed by atoms with E-state index in [0.717, 1.165) is 0 Å². The second-order valence-corrected chi connectivity index (χ2v) is 4.88. The lowest BCUT2D eigenvalue weighted by Crippen LogP contribution is -2.22. The van der Waals surface area contributed by atoms with Crippen LogP contribution in [0, 0.1) is 0 Å². The molecule has 0 unspecified atom stereocenters. The van der Waals surface area contributed by atoms with Crippen LogP contribution in [0.3, 0.4) is 0 Å². The van der Waals surface area contributed by atoms with Gasteiger partial charge in [0.1, 0.15) is 0 Å². The number of hydrogen-bond acceptors (Lipinski definition) is 2. The van der Waals surface area contributed by atoms with E-state index in [1.54, 1.807) is 0 Å². The zero-order valence-electron chi connectivity index (χ0n) is 8.76. The molecule has 0 fully saturated rings. The first kappa shape index (κ1) is 11.2. The van der Waals surface area contributed by atoms with Crippen molar-refractivity contribution in [1.29, 1.82) is 0 Å². The predicted octanol–water partition coefficient (Wildman–Crippen LogP) is 2.36. The highest BCUT2D eigenvalue weighted by molar-refractivity contribution is 9.10. The average molecular weight is 260 g/mol. The number of aromatic nitrogens is 2. The first-order valence-corrected chi connectivity index (χ1v) is 5.13. The van der Waals surface area contributed by atoms with Crippen molar-refractivity contribution >= 4 is 27.5 Å². The fraction of sp³-hybridized carbons (Fsp3) is 0.556. The van der Waals surface area contributed by atoms with E-state index in [1.807, 2.05) is 31.6 Å². The maximum absolute atomic E-state index is 10.9. The SMILES string of the molecule is CC(=O)Nc1cn(C(C)(C)C)nc1Br. The topological polar surface area (TPSA) is 46.9 Å². The lowest BCUT2D eigenvalue weighted by atomic mass is 10.1. The molecular weight excluding hydrogens is 246 g/mol. The molecular formula is C9H14BrN3O. The van der Waals surface area contributed by atoms with Gasteiger partial charge in [0.15, 0.2) is 4.60 Å². The molecule has 0 saturated heterocycles. The van der Waals surface area contributed by atoms with Crippen LogP contribution in [0.25, 0.3) is 0 Å². The number of nitrogens with zero attached hydrogens (tertiary/aromatic N) is 2. The standard InChI is InChI=1S/C9H14BrN3O/c1-6(14)11-7-5-13(9(2,3)4)12-8(7)10/h5H,1-4H3,(H,11,14). The molecule has 78 valence electrons. The maximum atomic E-state index is 10.9. The second kappa shape index (κ2) is 3.73. The van der Waals surface area contributed by atoms with Gasteiger partial charge in [-0.05, 0) is 36.7 Å². The molecule has 0 atom stereocenters. The zero-order chi connectivity index (χ0) is 10.9. The molecule has 0 saturated carbocycles. The van der Waals surface area contributed by atoms with Gasteiger partial charge in [-0.15, -0.1) is 0 Å². The summed E-state index contributed by atoms with van der Waals surface area (Å²) in [5.74, 6) is -0.0980. The van der Waals surface area contributed by atoms with Gasteiger partial charge in [0.05, 0.1) is 17.4 Å². The first-order valence-electron chi connectivity index (χ1n) is 4.34. The molecule has 0 bridgehead atoms. The largest absolute Gasteiger partial charge is 0.323 e. The summed E-state index contributed by atoms with van der Waals surface area (Å²) in [5.41, 5.74) is 0.617. The van der Waals surface area contributed by atoms with E-state index in [4.69, 9.17) is 0 Å². The fourth-order valence-electron chi connectivity index (χ4n) is 0.970. The van der Waals surface area contributed by atoms with Crippen LogP contribution in [0.2, 0.25) is 0 Å². The molecule has 1 aromatic heterocycles. The third kappa shape index (κ3) is 2.57. The van der Waals surface area contributed by atoms with Crippen molar-refractivity contribution in [2.75, 3.05) is 5.32 Å². The molecule has 1 amide bonds. The summed E-state index contributed by atoms with van der Waals surface area (Å²) in [6, 6.07) is 0. The summed E-state index contributed by atoms with van der Waals surface area (Å²) in [6.45, 7) is 7.61. The minimum atomic E-state index is -0.0980. The maximum Gasteiger partial charge on any atom is 0.221 e. The Kier molecular flexibility index (Phi) is 2.99. The summed E-state index contributed by atoms with van der Waals surface area (Å²) in [5, 5.41) is 6.95. The number of rotatable bonds is 1. The molecule has 5 heteroatoms. The third-order valence-electron chi connectivity index (χ3n) is 1.67.